The van der Waals surface area contributed by atoms with Gasteiger partial charge in [0.15, 0.2) is 0 Å². The van der Waals surface area contributed by atoms with Crippen LogP contribution in [0.4, 0.5) is 11.4 Å². The third kappa shape index (κ3) is 3.66. The molecule has 3 aliphatic rings. The predicted molar refractivity (Wildman–Crippen MR) is 114 cm³/mol. The average Bonchev–Trinajstić information content (AvgIpc) is 3.57. The molecular formula is C23H26N2O3S. The van der Waals surface area contributed by atoms with Gasteiger partial charge >= 0.3 is 0 Å². The summed E-state index contributed by atoms with van der Waals surface area (Å²) < 4.78 is 28.7. The van der Waals surface area contributed by atoms with Gasteiger partial charge in [-0.15, -0.1) is 0 Å². The minimum Gasteiger partial charge on any atom is -0.312 e. The van der Waals surface area contributed by atoms with E-state index in [1.165, 1.54) is 12.0 Å². The molecule has 2 aromatic carbocycles. The van der Waals surface area contributed by atoms with Crippen LogP contribution >= 0.6 is 0 Å². The Hall–Kier alpha value is -2.34. The van der Waals surface area contributed by atoms with E-state index in [-0.39, 0.29) is 11.8 Å². The number of rotatable bonds is 4. The van der Waals surface area contributed by atoms with Crippen LogP contribution in [0.3, 0.4) is 0 Å². The Balaban J connectivity index is 1.43. The smallest absolute Gasteiger partial charge is 0.261 e. The Morgan fingerprint density at radius 1 is 0.897 bits per heavy atom. The van der Waals surface area contributed by atoms with Crippen molar-refractivity contribution in [2.75, 3.05) is 16.2 Å². The van der Waals surface area contributed by atoms with Gasteiger partial charge in [-0.3, -0.25) is 9.52 Å². The number of nitrogens with one attached hydrogen (secondary N) is 1. The van der Waals surface area contributed by atoms with Crippen LogP contribution in [-0.4, -0.2) is 20.9 Å². The number of nitrogens with zero attached hydrogens (tertiary/aromatic N) is 1. The van der Waals surface area contributed by atoms with Gasteiger partial charge in [-0.25, -0.2) is 8.42 Å². The van der Waals surface area contributed by atoms with Gasteiger partial charge in [-0.05, 0) is 92.3 Å². The summed E-state index contributed by atoms with van der Waals surface area (Å²) in [4.78, 5) is 14.8. The van der Waals surface area contributed by atoms with Crippen molar-refractivity contribution >= 4 is 27.3 Å². The first-order chi connectivity index (χ1) is 14.0. The highest BCUT2D eigenvalue weighted by molar-refractivity contribution is 7.92. The third-order valence-corrected chi connectivity index (χ3v) is 7.66. The van der Waals surface area contributed by atoms with Crippen LogP contribution in [0.5, 0.6) is 0 Å². The van der Waals surface area contributed by atoms with Gasteiger partial charge < -0.3 is 4.90 Å². The van der Waals surface area contributed by atoms with E-state index in [1.54, 1.807) is 12.1 Å². The summed E-state index contributed by atoms with van der Waals surface area (Å²) in [6.45, 7) is 0.712. The molecular weight excluding hydrogens is 384 g/mol. The number of benzene rings is 2. The first kappa shape index (κ1) is 18.7. The molecule has 2 aromatic rings. The standard InChI is InChI=1S/C23H26N2O3S/c26-23(18-7-8-18)25-13-3-6-17-9-11-20(15-22(17)25)24-29(27,28)21-12-10-16-4-1-2-5-19(16)14-21/h9-12,14-15,18,24H,1-8,13H2. The average molecular weight is 411 g/mol. The number of carbonyl (C=O) groups is 1. The molecule has 2 aliphatic carbocycles. The molecule has 1 fully saturated rings. The van der Waals surface area contributed by atoms with Crippen LogP contribution in [0, 0.1) is 5.92 Å². The molecule has 0 unspecified atom stereocenters. The summed E-state index contributed by atoms with van der Waals surface area (Å²) in [5, 5.41) is 0. The van der Waals surface area contributed by atoms with Crippen molar-refractivity contribution in [2.45, 2.75) is 56.3 Å². The quantitative estimate of drug-likeness (QED) is 0.827. The number of fused-ring (bicyclic) bond motifs is 2. The van der Waals surface area contributed by atoms with Gasteiger partial charge in [0.05, 0.1) is 10.6 Å². The van der Waals surface area contributed by atoms with Crippen molar-refractivity contribution in [3.63, 3.8) is 0 Å². The molecule has 1 heterocycles. The van der Waals surface area contributed by atoms with Crippen molar-refractivity contribution in [1.29, 1.82) is 0 Å². The molecule has 152 valence electrons. The minimum atomic E-state index is -3.67. The maximum absolute atomic E-state index is 13.0. The highest BCUT2D eigenvalue weighted by Gasteiger charge is 2.35. The second-order valence-electron chi connectivity index (χ2n) is 8.45. The number of sulfonamides is 1. The van der Waals surface area contributed by atoms with Gasteiger partial charge in [0.25, 0.3) is 10.0 Å². The summed E-state index contributed by atoms with van der Waals surface area (Å²) in [7, 11) is -3.67. The van der Waals surface area contributed by atoms with Crippen LogP contribution in [0.15, 0.2) is 41.3 Å². The fourth-order valence-corrected chi connectivity index (χ4v) is 5.61. The number of carbonyl (C=O) groups excluding carboxylic acids is 1. The zero-order valence-electron chi connectivity index (χ0n) is 16.5. The molecule has 5 nitrogen and oxygen atoms in total. The monoisotopic (exact) mass is 410 g/mol. The Morgan fingerprint density at radius 2 is 1.62 bits per heavy atom. The van der Waals surface area contributed by atoms with Crippen molar-refractivity contribution in [2.24, 2.45) is 5.92 Å². The number of hydrogen-bond acceptors (Lipinski definition) is 3. The lowest BCUT2D eigenvalue weighted by atomic mass is 9.92. The molecule has 0 aromatic heterocycles. The molecule has 0 bridgehead atoms. The highest BCUT2D eigenvalue weighted by atomic mass is 32.2. The first-order valence-corrected chi connectivity index (χ1v) is 12.1. The van der Waals surface area contributed by atoms with E-state index < -0.39 is 10.0 Å². The number of aryl methyl sites for hydroxylation is 3. The fourth-order valence-electron chi connectivity index (χ4n) is 4.51. The van der Waals surface area contributed by atoms with E-state index >= 15 is 0 Å². The SMILES string of the molecule is O=C(C1CC1)N1CCCc2ccc(NS(=O)(=O)c3ccc4c(c3)CCCC4)cc21. The van der Waals surface area contributed by atoms with Gasteiger partial charge in [0, 0.05) is 18.2 Å². The Kier molecular flexibility index (Phi) is 4.62. The zero-order valence-corrected chi connectivity index (χ0v) is 17.3. The largest absolute Gasteiger partial charge is 0.312 e. The molecule has 29 heavy (non-hydrogen) atoms. The van der Waals surface area contributed by atoms with Gasteiger partial charge in [0.1, 0.15) is 0 Å². The lowest BCUT2D eigenvalue weighted by Crippen LogP contribution is -2.36. The summed E-state index contributed by atoms with van der Waals surface area (Å²) >= 11 is 0. The first-order valence-electron chi connectivity index (χ1n) is 10.6. The molecule has 0 spiro atoms. The second kappa shape index (κ2) is 7.17. The number of anilines is 2. The molecule has 1 saturated carbocycles. The molecule has 5 rings (SSSR count). The van der Waals surface area contributed by atoms with Crippen LogP contribution in [0.1, 0.15) is 48.8 Å². The van der Waals surface area contributed by atoms with Crippen molar-refractivity contribution in [3.8, 4) is 0 Å². The van der Waals surface area contributed by atoms with E-state index in [2.05, 4.69) is 4.72 Å². The Labute approximate surface area is 172 Å². The van der Waals surface area contributed by atoms with E-state index in [1.807, 2.05) is 29.2 Å². The highest BCUT2D eigenvalue weighted by Crippen LogP contribution is 2.37. The number of hydrogen-bond donors (Lipinski definition) is 1. The van der Waals surface area contributed by atoms with E-state index in [0.29, 0.717) is 17.1 Å². The lowest BCUT2D eigenvalue weighted by molar-refractivity contribution is -0.119. The van der Waals surface area contributed by atoms with Crippen molar-refractivity contribution in [3.05, 3.63) is 53.1 Å². The van der Waals surface area contributed by atoms with E-state index in [0.717, 1.165) is 61.8 Å². The molecule has 1 aliphatic heterocycles. The third-order valence-electron chi connectivity index (χ3n) is 6.28. The maximum atomic E-state index is 13.0. The molecule has 1 N–H and O–H groups in total. The van der Waals surface area contributed by atoms with Gasteiger partial charge in [-0.1, -0.05) is 12.1 Å². The zero-order chi connectivity index (χ0) is 20.0. The van der Waals surface area contributed by atoms with Crippen LogP contribution < -0.4 is 9.62 Å². The van der Waals surface area contributed by atoms with E-state index in [9.17, 15) is 13.2 Å². The topological polar surface area (TPSA) is 66.5 Å². The molecule has 6 heteroatoms. The lowest BCUT2D eigenvalue weighted by Gasteiger charge is -2.30. The maximum Gasteiger partial charge on any atom is 0.261 e. The van der Waals surface area contributed by atoms with Crippen molar-refractivity contribution < 1.29 is 13.2 Å². The normalized spacial score (nSPS) is 18.7. The van der Waals surface area contributed by atoms with Gasteiger partial charge in [0.2, 0.25) is 5.91 Å². The minimum absolute atomic E-state index is 0.150. The molecule has 0 atom stereocenters. The molecule has 0 saturated heterocycles. The molecule has 1 amide bonds. The second-order valence-corrected chi connectivity index (χ2v) is 10.1. The van der Waals surface area contributed by atoms with E-state index in [4.69, 9.17) is 0 Å². The predicted octanol–water partition coefficient (Wildman–Crippen LogP) is 4.06. The summed E-state index contributed by atoms with van der Waals surface area (Å²) in [6, 6.07) is 11.1. The summed E-state index contributed by atoms with van der Waals surface area (Å²) in [5.74, 6) is 0.331. The Morgan fingerprint density at radius 3 is 2.41 bits per heavy atom. The fraction of sp³-hybridized carbons (Fsp3) is 0.435. The van der Waals surface area contributed by atoms with Crippen molar-refractivity contribution in [1.82, 2.24) is 0 Å². The number of amides is 1. The summed E-state index contributed by atoms with van der Waals surface area (Å²) in [6.07, 6.45) is 8.05. The summed E-state index contributed by atoms with van der Waals surface area (Å²) in [5.41, 5.74) is 4.89. The van der Waals surface area contributed by atoms with Crippen LogP contribution in [0.2, 0.25) is 0 Å². The van der Waals surface area contributed by atoms with Gasteiger partial charge in [-0.2, -0.15) is 0 Å². The molecule has 0 radical (unpaired) electrons. The van der Waals surface area contributed by atoms with Crippen LogP contribution in [-0.2, 0) is 34.1 Å². The Bertz CT molecular complexity index is 1070. The van der Waals surface area contributed by atoms with Crippen LogP contribution in [0.25, 0.3) is 0 Å².